The molecular formula is C18H19N3O2S. The third-order valence-corrected chi connectivity index (χ3v) is 4.02. The molecule has 24 heavy (non-hydrogen) atoms. The molecule has 1 aliphatic rings. The first-order valence-corrected chi connectivity index (χ1v) is 8.22. The zero-order valence-electron chi connectivity index (χ0n) is 13.1. The maximum absolute atomic E-state index is 12.0. The van der Waals surface area contributed by atoms with Crippen LogP contribution in [0.2, 0.25) is 0 Å². The first kappa shape index (κ1) is 16.3. The Hall–Kier alpha value is -2.60. The van der Waals surface area contributed by atoms with E-state index in [0.29, 0.717) is 24.7 Å². The molecule has 2 aromatic rings. The van der Waals surface area contributed by atoms with Gasteiger partial charge in [-0.2, -0.15) is 0 Å². The third-order valence-electron chi connectivity index (χ3n) is 3.73. The molecule has 1 heterocycles. The van der Waals surface area contributed by atoms with Crippen molar-refractivity contribution < 1.29 is 9.53 Å². The number of thiocarbonyl (C=S) groups is 1. The van der Waals surface area contributed by atoms with Gasteiger partial charge >= 0.3 is 6.09 Å². The van der Waals surface area contributed by atoms with Crippen LogP contribution in [0.25, 0.3) is 0 Å². The minimum absolute atomic E-state index is 0.228. The quantitative estimate of drug-likeness (QED) is 0.819. The first-order chi connectivity index (χ1) is 11.7. The Bertz CT molecular complexity index is 694. The number of cyclic esters (lactones) is 1. The molecule has 2 aromatic carbocycles. The summed E-state index contributed by atoms with van der Waals surface area (Å²) in [5.74, 6) is 0. The summed E-state index contributed by atoms with van der Waals surface area (Å²) in [6.07, 6.45) is -0.551. The molecule has 2 N–H and O–H groups in total. The second kappa shape index (κ2) is 7.79. The van der Waals surface area contributed by atoms with Gasteiger partial charge in [-0.15, -0.1) is 0 Å². The van der Waals surface area contributed by atoms with Gasteiger partial charge < -0.3 is 15.4 Å². The predicted octanol–water partition coefficient (Wildman–Crippen LogP) is 2.68. The second-order valence-electron chi connectivity index (χ2n) is 5.50. The minimum atomic E-state index is -0.323. The predicted molar refractivity (Wildman–Crippen MR) is 97.9 cm³/mol. The highest BCUT2D eigenvalue weighted by Gasteiger charge is 2.32. The van der Waals surface area contributed by atoms with Gasteiger partial charge in [0.15, 0.2) is 5.11 Å². The summed E-state index contributed by atoms with van der Waals surface area (Å²) >= 11 is 5.26. The van der Waals surface area contributed by atoms with Crippen molar-refractivity contribution in [1.82, 2.24) is 10.6 Å². The van der Waals surface area contributed by atoms with E-state index in [1.807, 2.05) is 60.7 Å². The highest BCUT2D eigenvalue weighted by Crippen LogP contribution is 2.20. The molecule has 0 aliphatic carbocycles. The van der Waals surface area contributed by atoms with Crippen LogP contribution in [0.1, 0.15) is 5.56 Å². The Morgan fingerprint density at radius 3 is 2.46 bits per heavy atom. The summed E-state index contributed by atoms with van der Waals surface area (Å²) in [6, 6.07) is 19.5. The number of nitrogens with zero attached hydrogens (tertiary/aromatic N) is 1. The van der Waals surface area contributed by atoms with E-state index in [-0.39, 0.29) is 12.2 Å². The number of hydrogen-bond donors (Lipinski definition) is 2. The van der Waals surface area contributed by atoms with Crippen molar-refractivity contribution in [2.45, 2.75) is 12.6 Å². The van der Waals surface area contributed by atoms with E-state index in [1.54, 1.807) is 4.90 Å². The van der Waals surface area contributed by atoms with E-state index < -0.39 is 0 Å². The largest absolute Gasteiger partial charge is 0.442 e. The van der Waals surface area contributed by atoms with E-state index in [4.69, 9.17) is 17.0 Å². The minimum Gasteiger partial charge on any atom is -0.442 e. The molecule has 1 aliphatic heterocycles. The van der Waals surface area contributed by atoms with Crippen LogP contribution in [-0.4, -0.2) is 30.4 Å². The standard InChI is InChI=1S/C18H19N3O2S/c22-18-21(15-9-5-2-6-10-15)13-16(23-18)12-20-17(24)19-11-14-7-3-1-4-8-14/h1-10,16H,11-13H2,(H2,19,20,24)/t16-/m0/s1. The molecule has 1 fully saturated rings. The zero-order chi connectivity index (χ0) is 16.8. The SMILES string of the molecule is O=C1O[C@@H](CNC(=S)NCc2ccccc2)CN1c1ccccc1. The van der Waals surface area contributed by atoms with Gasteiger partial charge in [-0.05, 0) is 29.9 Å². The molecule has 5 nitrogen and oxygen atoms in total. The molecule has 6 heteroatoms. The lowest BCUT2D eigenvalue weighted by Crippen LogP contribution is -2.40. The van der Waals surface area contributed by atoms with Gasteiger partial charge in [0, 0.05) is 12.2 Å². The summed E-state index contributed by atoms with van der Waals surface area (Å²) in [7, 11) is 0. The van der Waals surface area contributed by atoms with E-state index in [9.17, 15) is 4.79 Å². The highest BCUT2D eigenvalue weighted by molar-refractivity contribution is 7.80. The van der Waals surface area contributed by atoms with Crippen LogP contribution in [0.5, 0.6) is 0 Å². The fraction of sp³-hybridized carbons (Fsp3) is 0.222. The Morgan fingerprint density at radius 2 is 1.75 bits per heavy atom. The van der Waals surface area contributed by atoms with Crippen LogP contribution in [0, 0.1) is 0 Å². The topological polar surface area (TPSA) is 53.6 Å². The molecule has 1 saturated heterocycles. The van der Waals surface area contributed by atoms with E-state index in [0.717, 1.165) is 11.3 Å². The van der Waals surface area contributed by atoms with Crippen LogP contribution >= 0.6 is 12.2 Å². The second-order valence-corrected chi connectivity index (χ2v) is 5.91. The van der Waals surface area contributed by atoms with Crippen molar-refractivity contribution in [2.24, 2.45) is 0 Å². The van der Waals surface area contributed by atoms with Crippen molar-refractivity contribution >= 4 is 29.1 Å². The number of anilines is 1. The zero-order valence-corrected chi connectivity index (χ0v) is 14.0. The lowest BCUT2D eigenvalue weighted by Gasteiger charge is -2.14. The van der Waals surface area contributed by atoms with Gasteiger partial charge in [-0.3, -0.25) is 4.90 Å². The maximum Gasteiger partial charge on any atom is 0.414 e. The highest BCUT2D eigenvalue weighted by atomic mass is 32.1. The average molecular weight is 341 g/mol. The van der Waals surface area contributed by atoms with E-state index in [2.05, 4.69) is 10.6 Å². The van der Waals surface area contributed by atoms with E-state index in [1.165, 1.54) is 0 Å². The number of rotatable bonds is 5. The number of hydrogen-bond acceptors (Lipinski definition) is 3. The van der Waals surface area contributed by atoms with Gasteiger partial charge in [0.1, 0.15) is 6.10 Å². The number of carbonyl (C=O) groups is 1. The van der Waals surface area contributed by atoms with Crippen molar-refractivity contribution in [3.63, 3.8) is 0 Å². The molecule has 0 aromatic heterocycles. The summed E-state index contributed by atoms with van der Waals surface area (Å²) in [5, 5.41) is 6.80. The molecule has 124 valence electrons. The third kappa shape index (κ3) is 4.23. The Morgan fingerprint density at radius 1 is 1.08 bits per heavy atom. The van der Waals surface area contributed by atoms with Crippen LogP contribution < -0.4 is 15.5 Å². The van der Waals surface area contributed by atoms with Crippen LogP contribution in [0.15, 0.2) is 60.7 Å². The van der Waals surface area contributed by atoms with Crippen molar-refractivity contribution in [2.75, 3.05) is 18.0 Å². The number of carbonyl (C=O) groups excluding carboxylic acids is 1. The summed E-state index contributed by atoms with van der Waals surface area (Å²) in [4.78, 5) is 13.6. The fourth-order valence-electron chi connectivity index (χ4n) is 2.49. The normalized spacial score (nSPS) is 16.6. The fourth-order valence-corrected chi connectivity index (χ4v) is 2.65. The maximum atomic E-state index is 12.0. The van der Waals surface area contributed by atoms with Crippen molar-refractivity contribution in [3.05, 3.63) is 66.2 Å². The molecule has 0 unspecified atom stereocenters. The molecular weight excluding hydrogens is 322 g/mol. The average Bonchev–Trinajstić information content (AvgIpc) is 3.00. The van der Waals surface area contributed by atoms with Crippen LogP contribution in [0.4, 0.5) is 10.5 Å². The van der Waals surface area contributed by atoms with Gasteiger partial charge in [0.05, 0.1) is 13.1 Å². The Kier molecular flexibility index (Phi) is 5.28. The number of benzene rings is 2. The number of para-hydroxylation sites is 1. The lowest BCUT2D eigenvalue weighted by molar-refractivity contribution is 0.143. The summed E-state index contributed by atoms with van der Waals surface area (Å²) in [6.45, 7) is 1.65. The monoisotopic (exact) mass is 341 g/mol. The summed E-state index contributed by atoms with van der Waals surface area (Å²) < 4.78 is 5.38. The van der Waals surface area contributed by atoms with Crippen LogP contribution in [-0.2, 0) is 11.3 Å². The van der Waals surface area contributed by atoms with Gasteiger partial charge in [-0.1, -0.05) is 48.5 Å². The molecule has 1 amide bonds. The molecule has 1 atom stereocenters. The number of ether oxygens (including phenoxy) is 1. The Balaban J connectivity index is 1.44. The Labute approximate surface area is 146 Å². The molecule has 0 radical (unpaired) electrons. The lowest BCUT2D eigenvalue weighted by atomic mass is 10.2. The van der Waals surface area contributed by atoms with Crippen LogP contribution in [0.3, 0.4) is 0 Å². The van der Waals surface area contributed by atoms with Crippen molar-refractivity contribution in [3.8, 4) is 0 Å². The number of amides is 1. The van der Waals surface area contributed by atoms with E-state index >= 15 is 0 Å². The van der Waals surface area contributed by atoms with Gasteiger partial charge in [0.2, 0.25) is 0 Å². The smallest absolute Gasteiger partial charge is 0.414 e. The molecule has 0 bridgehead atoms. The first-order valence-electron chi connectivity index (χ1n) is 7.81. The summed E-state index contributed by atoms with van der Waals surface area (Å²) in [5.41, 5.74) is 2.00. The van der Waals surface area contributed by atoms with Gasteiger partial charge in [-0.25, -0.2) is 4.79 Å². The van der Waals surface area contributed by atoms with Gasteiger partial charge in [0.25, 0.3) is 0 Å². The molecule has 0 saturated carbocycles. The number of nitrogens with one attached hydrogen (secondary N) is 2. The van der Waals surface area contributed by atoms with Crippen molar-refractivity contribution in [1.29, 1.82) is 0 Å². The molecule has 0 spiro atoms. The molecule has 3 rings (SSSR count).